The van der Waals surface area contributed by atoms with Crippen LogP contribution in [-0.2, 0) is 26.9 Å². The van der Waals surface area contributed by atoms with Crippen LogP contribution in [0.3, 0.4) is 0 Å². The number of aliphatic imine (C=N–C) groups is 1. The van der Waals surface area contributed by atoms with Gasteiger partial charge in [-0.1, -0.05) is 78.9 Å². The lowest BCUT2D eigenvalue weighted by molar-refractivity contribution is 0.0953. The molecule has 178 valence electrons. The van der Waals surface area contributed by atoms with E-state index in [2.05, 4.69) is 24.3 Å². The van der Waals surface area contributed by atoms with Gasteiger partial charge in [-0.2, -0.15) is 0 Å². The van der Waals surface area contributed by atoms with Crippen molar-refractivity contribution < 1.29 is 4.79 Å². The van der Waals surface area contributed by atoms with E-state index in [-0.39, 0.29) is 5.78 Å². The normalized spacial score (nSPS) is 17.8. The van der Waals surface area contributed by atoms with Gasteiger partial charge in [-0.25, -0.2) is 9.79 Å². The number of ketones is 1. The Morgan fingerprint density at radius 1 is 0.694 bits per heavy atom. The van der Waals surface area contributed by atoms with E-state index in [9.17, 15) is 14.4 Å². The molecule has 0 amide bonds. The highest BCUT2D eigenvalue weighted by molar-refractivity contribution is 6.30. The highest BCUT2D eigenvalue weighted by Crippen LogP contribution is 2.46. The van der Waals surface area contributed by atoms with Gasteiger partial charge in [-0.3, -0.25) is 18.7 Å². The van der Waals surface area contributed by atoms with Gasteiger partial charge in [0, 0.05) is 31.1 Å². The molecule has 36 heavy (non-hydrogen) atoms. The molecule has 2 aliphatic rings. The molecule has 6 rings (SSSR count). The van der Waals surface area contributed by atoms with Crippen molar-refractivity contribution in [2.24, 2.45) is 25.0 Å². The lowest BCUT2D eigenvalue weighted by Gasteiger charge is -2.30. The van der Waals surface area contributed by atoms with Crippen molar-refractivity contribution >= 4 is 17.3 Å². The van der Waals surface area contributed by atoms with Gasteiger partial charge in [0.25, 0.3) is 5.56 Å². The summed E-state index contributed by atoms with van der Waals surface area (Å²) in [6, 6.07) is 25.9. The van der Waals surface area contributed by atoms with Crippen molar-refractivity contribution in [2.45, 2.75) is 18.8 Å². The zero-order valence-corrected chi connectivity index (χ0v) is 20.1. The quantitative estimate of drug-likeness (QED) is 0.449. The molecular weight excluding hydrogens is 450 g/mol. The van der Waals surface area contributed by atoms with E-state index < -0.39 is 23.1 Å². The first kappa shape index (κ1) is 22.2. The third-order valence-electron chi connectivity index (χ3n) is 7.47. The molecule has 0 saturated heterocycles. The molecule has 1 aromatic heterocycles. The molecule has 0 fully saturated rings. The number of nitrogens with zero attached hydrogens (tertiary/aromatic N) is 3. The van der Waals surface area contributed by atoms with Crippen LogP contribution in [0, 0.1) is 5.92 Å². The van der Waals surface area contributed by atoms with Crippen molar-refractivity contribution in [2.75, 3.05) is 0 Å². The second-order valence-electron chi connectivity index (χ2n) is 9.53. The Labute approximate surface area is 208 Å². The molecule has 0 saturated carbocycles. The largest absolute Gasteiger partial charge is 0.332 e. The van der Waals surface area contributed by atoms with Crippen LogP contribution in [0.2, 0.25) is 0 Å². The average molecular weight is 476 g/mol. The minimum Gasteiger partial charge on any atom is -0.293 e. The smallest absolute Gasteiger partial charge is 0.293 e. The molecule has 1 aliphatic carbocycles. The van der Waals surface area contributed by atoms with E-state index in [1.54, 1.807) is 7.05 Å². The summed E-state index contributed by atoms with van der Waals surface area (Å²) in [5, 5.41) is 0. The predicted octanol–water partition coefficient (Wildman–Crippen LogP) is 3.95. The molecule has 0 N–H and O–H groups in total. The molecule has 0 unspecified atom stereocenters. The van der Waals surface area contributed by atoms with Crippen LogP contribution in [0.5, 0.6) is 0 Å². The van der Waals surface area contributed by atoms with Crippen LogP contribution >= 0.6 is 0 Å². The van der Waals surface area contributed by atoms with E-state index in [4.69, 9.17) is 4.99 Å². The first-order valence-corrected chi connectivity index (χ1v) is 12.1. The van der Waals surface area contributed by atoms with E-state index >= 15 is 0 Å². The number of rotatable bonds is 4. The molecule has 4 aromatic rings. The summed E-state index contributed by atoms with van der Waals surface area (Å²) >= 11 is 0. The Kier molecular flexibility index (Phi) is 5.18. The summed E-state index contributed by atoms with van der Waals surface area (Å²) in [5.74, 6) is -0.836. The maximum absolute atomic E-state index is 13.6. The third kappa shape index (κ3) is 3.33. The lowest BCUT2D eigenvalue weighted by Crippen LogP contribution is -2.43. The summed E-state index contributed by atoms with van der Waals surface area (Å²) in [7, 11) is 3.09. The summed E-state index contributed by atoms with van der Waals surface area (Å²) in [4.78, 5) is 44.6. The van der Waals surface area contributed by atoms with Crippen LogP contribution in [0.4, 0.5) is 5.82 Å². The van der Waals surface area contributed by atoms with E-state index in [1.807, 2.05) is 54.6 Å². The number of Topliss-reactive ketones (excluding diaryl/α,β-unsaturated/α-hetero) is 1. The Bertz CT molecular complexity index is 1660. The molecule has 2 atom stereocenters. The maximum Gasteiger partial charge on any atom is 0.332 e. The van der Waals surface area contributed by atoms with Crippen LogP contribution in [0.25, 0.3) is 0 Å². The highest BCUT2D eigenvalue weighted by Gasteiger charge is 2.47. The van der Waals surface area contributed by atoms with Crippen LogP contribution in [0.1, 0.15) is 44.1 Å². The summed E-state index contributed by atoms with van der Waals surface area (Å²) in [6.07, 6.45) is 1.82. The molecule has 1 aliphatic heterocycles. The van der Waals surface area contributed by atoms with Crippen molar-refractivity contribution in [1.82, 2.24) is 9.13 Å². The Hall–Kier alpha value is -4.32. The van der Waals surface area contributed by atoms with Crippen LogP contribution in [-0.4, -0.2) is 20.6 Å². The summed E-state index contributed by atoms with van der Waals surface area (Å²) in [5.41, 5.74) is 4.90. The summed E-state index contributed by atoms with van der Waals surface area (Å²) < 4.78 is 2.51. The van der Waals surface area contributed by atoms with Gasteiger partial charge in [0.2, 0.25) is 0 Å². The zero-order valence-electron chi connectivity index (χ0n) is 20.1. The van der Waals surface area contributed by atoms with Gasteiger partial charge in [0.1, 0.15) is 5.82 Å². The first-order chi connectivity index (χ1) is 17.5. The fourth-order valence-corrected chi connectivity index (χ4v) is 5.55. The average Bonchev–Trinajstić information content (AvgIpc) is 3.21. The molecule has 2 heterocycles. The minimum atomic E-state index is -0.602. The lowest BCUT2D eigenvalue weighted by atomic mass is 9.76. The Morgan fingerprint density at radius 2 is 1.31 bits per heavy atom. The predicted molar refractivity (Wildman–Crippen MR) is 140 cm³/mol. The number of hydrogen-bond donors (Lipinski definition) is 0. The molecule has 6 nitrogen and oxygen atoms in total. The van der Waals surface area contributed by atoms with Gasteiger partial charge in [0.05, 0.1) is 17.2 Å². The van der Waals surface area contributed by atoms with E-state index in [1.165, 1.54) is 22.7 Å². The number of carbonyl (C=O) groups is 1. The molecular formula is C30H25N3O3. The fraction of sp³-hybridized carbons (Fsp3) is 0.200. The number of aromatic nitrogens is 2. The second kappa shape index (κ2) is 8.41. The number of aryl methyl sites for hydroxylation is 2. The SMILES string of the molecule is Cn1c2c(c(=O)n(C)c1=O)[C@@H](c1ccc(CCc3ccccc3)cc1)[C@H]1C(=O)c3ccccc3C1=N2. The number of benzene rings is 3. The molecule has 3 aromatic carbocycles. The van der Waals surface area contributed by atoms with E-state index in [0.717, 1.165) is 28.5 Å². The minimum absolute atomic E-state index is 0.0379. The van der Waals surface area contributed by atoms with Crippen LogP contribution in [0.15, 0.2) is 93.4 Å². The first-order valence-electron chi connectivity index (χ1n) is 12.1. The second-order valence-corrected chi connectivity index (χ2v) is 9.53. The van der Waals surface area contributed by atoms with Gasteiger partial charge in [0.15, 0.2) is 5.78 Å². The van der Waals surface area contributed by atoms with Gasteiger partial charge < -0.3 is 0 Å². The highest BCUT2D eigenvalue weighted by atomic mass is 16.2. The number of hydrogen-bond acceptors (Lipinski definition) is 4. The molecule has 0 bridgehead atoms. The van der Waals surface area contributed by atoms with E-state index in [0.29, 0.717) is 22.7 Å². The molecule has 6 heteroatoms. The van der Waals surface area contributed by atoms with Crippen molar-refractivity contribution in [3.8, 4) is 0 Å². The van der Waals surface area contributed by atoms with Crippen molar-refractivity contribution in [3.05, 3.63) is 133 Å². The van der Waals surface area contributed by atoms with Gasteiger partial charge in [-0.15, -0.1) is 0 Å². The number of carbonyl (C=O) groups excluding carboxylic acids is 1. The molecule has 0 radical (unpaired) electrons. The zero-order chi connectivity index (χ0) is 25.0. The van der Waals surface area contributed by atoms with Crippen molar-refractivity contribution in [3.63, 3.8) is 0 Å². The Balaban J connectivity index is 1.47. The third-order valence-corrected chi connectivity index (χ3v) is 7.47. The van der Waals surface area contributed by atoms with Gasteiger partial charge in [-0.05, 0) is 29.5 Å². The monoisotopic (exact) mass is 475 g/mol. The maximum atomic E-state index is 13.6. The standard InChI is InChI=1S/C30H25N3O3/c1-32-28-25(29(35)33(2)30(32)36)23(24-26(31-28)21-10-6-7-11-22(21)27(24)34)20-16-14-19(15-17-20)13-12-18-8-4-3-5-9-18/h3-11,14-17,23-24H,12-13H2,1-2H3/t23-,24+/m0/s1. The fourth-order valence-electron chi connectivity index (χ4n) is 5.55. The van der Waals surface area contributed by atoms with Crippen LogP contribution < -0.4 is 11.2 Å². The topological polar surface area (TPSA) is 73.4 Å². The molecule has 0 spiro atoms. The Morgan fingerprint density at radius 3 is 2.00 bits per heavy atom. The summed E-state index contributed by atoms with van der Waals surface area (Å²) in [6.45, 7) is 0. The van der Waals surface area contributed by atoms with Gasteiger partial charge >= 0.3 is 5.69 Å². The van der Waals surface area contributed by atoms with Crippen molar-refractivity contribution in [1.29, 1.82) is 0 Å². The number of fused-ring (bicyclic) bond motifs is 4.